The van der Waals surface area contributed by atoms with Gasteiger partial charge in [0.25, 0.3) is 0 Å². The van der Waals surface area contributed by atoms with E-state index in [1.807, 2.05) is 25.1 Å². The Kier molecular flexibility index (Phi) is 4.53. The third-order valence-electron chi connectivity index (χ3n) is 4.26. The van der Waals surface area contributed by atoms with E-state index >= 15 is 0 Å². The van der Waals surface area contributed by atoms with E-state index in [1.165, 1.54) is 5.56 Å². The molecule has 0 aromatic heterocycles. The SMILES string of the molecule is CCC(C)(C)c1ccc(C(=O)c2cc(Cl)ccc2C)cc1. The molecule has 0 aliphatic carbocycles. The van der Waals surface area contributed by atoms with E-state index in [2.05, 4.69) is 32.9 Å². The molecule has 0 heterocycles. The molecule has 0 fully saturated rings. The maximum atomic E-state index is 12.6. The van der Waals surface area contributed by atoms with Gasteiger partial charge in [-0.05, 0) is 42.0 Å². The van der Waals surface area contributed by atoms with Crippen LogP contribution in [0, 0.1) is 6.92 Å². The van der Waals surface area contributed by atoms with Gasteiger partial charge in [-0.15, -0.1) is 0 Å². The Morgan fingerprint density at radius 2 is 1.71 bits per heavy atom. The van der Waals surface area contributed by atoms with Crippen LogP contribution in [0.4, 0.5) is 0 Å². The molecule has 0 saturated heterocycles. The Balaban J connectivity index is 2.35. The lowest BCUT2D eigenvalue weighted by Gasteiger charge is -2.23. The summed E-state index contributed by atoms with van der Waals surface area (Å²) < 4.78 is 0. The predicted octanol–water partition coefficient (Wildman–Crippen LogP) is 5.57. The largest absolute Gasteiger partial charge is 0.289 e. The van der Waals surface area contributed by atoms with Crippen LogP contribution in [0.1, 0.15) is 54.2 Å². The molecule has 0 spiro atoms. The van der Waals surface area contributed by atoms with Gasteiger partial charge in [0, 0.05) is 16.1 Å². The molecule has 0 aliphatic heterocycles. The predicted molar refractivity (Wildman–Crippen MR) is 89.4 cm³/mol. The molecule has 0 aliphatic rings. The molecule has 0 saturated carbocycles. The number of aryl methyl sites for hydroxylation is 1. The molecule has 2 aromatic carbocycles. The molecule has 21 heavy (non-hydrogen) atoms. The van der Waals surface area contributed by atoms with Crippen LogP contribution in [-0.4, -0.2) is 5.78 Å². The number of hydrogen-bond acceptors (Lipinski definition) is 1. The van der Waals surface area contributed by atoms with Crippen LogP contribution in [-0.2, 0) is 5.41 Å². The van der Waals surface area contributed by atoms with Crippen molar-refractivity contribution < 1.29 is 4.79 Å². The summed E-state index contributed by atoms with van der Waals surface area (Å²) in [7, 11) is 0. The molecular formula is C19H21ClO. The number of halogens is 1. The topological polar surface area (TPSA) is 17.1 Å². The summed E-state index contributed by atoms with van der Waals surface area (Å²) in [6.07, 6.45) is 1.06. The zero-order valence-corrected chi connectivity index (χ0v) is 13.8. The Morgan fingerprint density at radius 1 is 1.10 bits per heavy atom. The van der Waals surface area contributed by atoms with Gasteiger partial charge >= 0.3 is 0 Å². The second-order valence-corrected chi connectivity index (χ2v) is 6.54. The summed E-state index contributed by atoms with van der Waals surface area (Å²) in [5.74, 6) is 0.0239. The number of rotatable bonds is 4. The summed E-state index contributed by atoms with van der Waals surface area (Å²) in [6.45, 7) is 8.53. The van der Waals surface area contributed by atoms with Crippen LogP contribution in [0.15, 0.2) is 42.5 Å². The van der Waals surface area contributed by atoms with E-state index in [0.717, 1.165) is 12.0 Å². The zero-order valence-electron chi connectivity index (χ0n) is 13.0. The number of hydrogen-bond donors (Lipinski definition) is 0. The second kappa shape index (κ2) is 6.03. The van der Waals surface area contributed by atoms with Crippen LogP contribution < -0.4 is 0 Å². The molecule has 2 rings (SSSR count). The minimum Gasteiger partial charge on any atom is -0.289 e. The van der Waals surface area contributed by atoms with Crippen molar-refractivity contribution in [1.29, 1.82) is 0 Å². The lowest BCUT2D eigenvalue weighted by atomic mass is 9.82. The molecule has 0 atom stereocenters. The number of carbonyl (C=O) groups is 1. The average Bonchev–Trinajstić information content (AvgIpc) is 2.49. The van der Waals surface area contributed by atoms with E-state index in [9.17, 15) is 4.79 Å². The van der Waals surface area contributed by atoms with Crippen LogP contribution in [0.5, 0.6) is 0 Å². The van der Waals surface area contributed by atoms with Gasteiger partial charge in [0.2, 0.25) is 0 Å². The normalized spacial score (nSPS) is 11.5. The number of benzene rings is 2. The third kappa shape index (κ3) is 3.36. The van der Waals surface area contributed by atoms with Crippen molar-refractivity contribution in [2.45, 2.75) is 39.5 Å². The first-order valence-electron chi connectivity index (χ1n) is 7.26. The van der Waals surface area contributed by atoms with Gasteiger partial charge in [-0.2, -0.15) is 0 Å². The molecule has 0 amide bonds. The Bertz CT molecular complexity index is 654. The van der Waals surface area contributed by atoms with Gasteiger partial charge in [0.15, 0.2) is 5.78 Å². The van der Waals surface area contributed by atoms with Gasteiger partial charge < -0.3 is 0 Å². The van der Waals surface area contributed by atoms with Gasteiger partial charge in [0.05, 0.1) is 0 Å². The van der Waals surface area contributed by atoms with Crippen LogP contribution in [0.25, 0.3) is 0 Å². The average molecular weight is 301 g/mol. The molecule has 110 valence electrons. The monoisotopic (exact) mass is 300 g/mol. The fourth-order valence-corrected chi connectivity index (χ4v) is 2.44. The Morgan fingerprint density at radius 3 is 2.29 bits per heavy atom. The fraction of sp³-hybridized carbons (Fsp3) is 0.316. The lowest BCUT2D eigenvalue weighted by Crippen LogP contribution is -2.15. The summed E-state index contributed by atoms with van der Waals surface area (Å²) in [6, 6.07) is 13.4. The van der Waals surface area contributed by atoms with Crippen molar-refractivity contribution >= 4 is 17.4 Å². The van der Waals surface area contributed by atoms with E-state index < -0.39 is 0 Å². The van der Waals surface area contributed by atoms with Crippen molar-refractivity contribution in [3.8, 4) is 0 Å². The zero-order chi connectivity index (χ0) is 15.6. The van der Waals surface area contributed by atoms with E-state index in [4.69, 9.17) is 11.6 Å². The minimum absolute atomic E-state index is 0.0239. The van der Waals surface area contributed by atoms with E-state index in [-0.39, 0.29) is 11.2 Å². The highest BCUT2D eigenvalue weighted by atomic mass is 35.5. The van der Waals surface area contributed by atoms with Gasteiger partial charge in [0.1, 0.15) is 0 Å². The smallest absolute Gasteiger partial charge is 0.193 e. The summed E-state index contributed by atoms with van der Waals surface area (Å²) >= 11 is 6.00. The highest BCUT2D eigenvalue weighted by Crippen LogP contribution is 2.27. The van der Waals surface area contributed by atoms with Gasteiger partial charge in [-0.3, -0.25) is 4.79 Å². The molecule has 2 heteroatoms. The molecule has 0 unspecified atom stereocenters. The number of ketones is 1. The fourth-order valence-electron chi connectivity index (χ4n) is 2.27. The van der Waals surface area contributed by atoms with Gasteiger partial charge in [-0.1, -0.05) is 62.7 Å². The highest BCUT2D eigenvalue weighted by Gasteiger charge is 2.19. The molecule has 2 aromatic rings. The summed E-state index contributed by atoms with van der Waals surface area (Å²) in [5, 5.41) is 0.590. The molecule has 1 nitrogen and oxygen atoms in total. The van der Waals surface area contributed by atoms with E-state index in [0.29, 0.717) is 16.1 Å². The molecule has 0 radical (unpaired) electrons. The molecule has 0 N–H and O–H groups in total. The van der Waals surface area contributed by atoms with Gasteiger partial charge in [-0.25, -0.2) is 0 Å². The summed E-state index contributed by atoms with van der Waals surface area (Å²) in [4.78, 5) is 12.6. The van der Waals surface area contributed by atoms with Crippen molar-refractivity contribution in [1.82, 2.24) is 0 Å². The Hall–Kier alpha value is -1.60. The first-order chi connectivity index (χ1) is 9.85. The first-order valence-corrected chi connectivity index (χ1v) is 7.64. The van der Waals surface area contributed by atoms with Crippen molar-refractivity contribution in [2.24, 2.45) is 0 Å². The quantitative estimate of drug-likeness (QED) is 0.675. The minimum atomic E-state index is 0.0239. The molecule has 0 bridgehead atoms. The lowest BCUT2D eigenvalue weighted by molar-refractivity contribution is 0.103. The second-order valence-electron chi connectivity index (χ2n) is 6.10. The maximum Gasteiger partial charge on any atom is 0.193 e. The molecular weight excluding hydrogens is 280 g/mol. The van der Waals surface area contributed by atoms with Crippen LogP contribution >= 0.6 is 11.6 Å². The van der Waals surface area contributed by atoms with Crippen LogP contribution in [0.2, 0.25) is 5.02 Å². The number of carbonyl (C=O) groups excluding carboxylic acids is 1. The van der Waals surface area contributed by atoms with E-state index in [1.54, 1.807) is 12.1 Å². The maximum absolute atomic E-state index is 12.6. The van der Waals surface area contributed by atoms with Crippen molar-refractivity contribution in [2.75, 3.05) is 0 Å². The summed E-state index contributed by atoms with van der Waals surface area (Å²) in [5.41, 5.74) is 3.71. The highest BCUT2D eigenvalue weighted by molar-refractivity contribution is 6.31. The Labute approximate surface area is 132 Å². The van der Waals surface area contributed by atoms with Crippen LogP contribution in [0.3, 0.4) is 0 Å². The first kappa shape index (κ1) is 15.8. The third-order valence-corrected chi connectivity index (χ3v) is 4.49. The van der Waals surface area contributed by atoms with Crippen molar-refractivity contribution in [3.05, 3.63) is 69.7 Å². The standard InChI is InChI=1S/C19H21ClO/c1-5-19(3,4)15-9-7-14(8-10-15)18(21)17-12-16(20)11-6-13(17)2/h6-12H,5H2,1-4H3. The van der Waals surface area contributed by atoms with Crippen molar-refractivity contribution in [3.63, 3.8) is 0 Å².